The maximum Gasteiger partial charge on any atom is 0.573 e. The van der Waals surface area contributed by atoms with Crippen LogP contribution in [0.2, 0.25) is 5.02 Å². The van der Waals surface area contributed by atoms with Crippen molar-refractivity contribution in [1.29, 1.82) is 0 Å². The molecule has 0 saturated heterocycles. The van der Waals surface area contributed by atoms with Crippen LogP contribution in [0.3, 0.4) is 0 Å². The number of nitrogen functional groups attached to an aromatic ring is 1. The summed E-state index contributed by atoms with van der Waals surface area (Å²) in [5, 5.41) is 0.318. The van der Waals surface area contributed by atoms with Gasteiger partial charge in [-0.25, -0.2) is 9.37 Å². The molecule has 0 fully saturated rings. The second kappa shape index (κ2) is 8.16. The number of nitrogens with two attached hydrogens (primary N) is 1. The molecule has 0 aliphatic carbocycles. The molecule has 29 heavy (non-hydrogen) atoms. The highest BCUT2D eigenvalue weighted by Crippen LogP contribution is 2.34. The fourth-order valence-corrected chi connectivity index (χ4v) is 2.93. The molecule has 0 aliphatic heterocycles. The largest absolute Gasteiger partial charge is 0.573 e. The summed E-state index contributed by atoms with van der Waals surface area (Å²) in [6.07, 6.45) is -4.06. The molecule has 1 heterocycles. The molecular formula is C20H15ClF4N2O2. The van der Waals surface area contributed by atoms with Gasteiger partial charge in [-0.3, -0.25) is 0 Å². The summed E-state index contributed by atoms with van der Waals surface area (Å²) in [4.78, 5) is 4.03. The van der Waals surface area contributed by atoms with Crippen LogP contribution in [0, 0.1) is 5.82 Å². The van der Waals surface area contributed by atoms with E-state index < -0.39 is 18.3 Å². The molecule has 3 rings (SSSR count). The molecule has 3 aromatic rings. The van der Waals surface area contributed by atoms with Crippen molar-refractivity contribution in [3.63, 3.8) is 0 Å². The van der Waals surface area contributed by atoms with Crippen molar-refractivity contribution in [2.24, 2.45) is 0 Å². The zero-order valence-electron chi connectivity index (χ0n) is 15.0. The normalized spacial score (nSPS) is 12.5. The van der Waals surface area contributed by atoms with Crippen LogP contribution in [-0.4, -0.2) is 11.3 Å². The van der Waals surface area contributed by atoms with E-state index in [0.717, 1.165) is 0 Å². The highest BCUT2D eigenvalue weighted by molar-refractivity contribution is 6.31. The lowest BCUT2D eigenvalue weighted by Crippen LogP contribution is -2.17. The van der Waals surface area contributed by atoms with E-state index in [0.29, 0.717) is 21.7 Å². The van der Waals surface area contributed by atoms with E-state index in [2.05, 4.69) is 9.72 Å². The van der Waals surface area contributed by atoms with Gasteiger partial charge in [-0.2, -0.15) is 0 Å². The monoisotopic (exact) mass is 426 g/mol. The highest BCUT2D eigenvalue weighted by atomic mass is 35.5. The smallest absolute Gasteiger partial charge is 0.482 e. The molecule has 2 N–H and O–H groups in total. The van der Waals surface area contributed by atoms with Crippen molar-refractivity contribution in [3.05, 3.63) is 71.1 Å². The number of ether oxygens (including phenoxy) is 2. The van der Waals surface area contributed by atoms with Gasteiger partial charge in [-0.05, 0) is 48.9 Å². The van der Waals surface area contributed by atoms with Crippen molar-refractivity contribution in [3.8, 4) is 22.6 Å². The number of aromatic nitrogens is 1. The Labute approximate surface area is 168 Å². The first-order valence-corrected chi connectivity index (χ1v) is 8.73. The second-order valence-corrected chi connectivity index (χ2v) is 6.52. The summed E-state index contributed by atoms with van der Waals surface area (Å²) >= 11 is 6.10. The predicted octanol–water partition coefficient (Wildman–Crippen LogP) is 6.16. The Hall–Kier alpha value is -3.00. The van der Waals surface area contributed by atoms with E-state index in [-0.39, 0.29) is 17.3 Å². The molecule has 0 bridgehead atoms. The highest BCUT2D eigenvalue weighted by Gasteiger charge is 2.31. The van der Waals surface area contributed by atoms with E-state index >= 15 is 0 Å². The number of halogens is 5. The van der Waals surface area contributed by atoms with Crippen molar-refractivity contribution >= 4 is 17.4 Å². The first-order chi connectivity index (χ1) is 13.6. The van der Waals surface area contributed by atoms with E-state index in [9.17, 15) is 17.6 Å². The standard InChI is InChI=1S/C20H15ClF4N2O2/c1-11(16-9-14(22)5-6-17(16)21)28-18-8-13(10-27-19(18)26)12-3-2-4-15(7-12)29-20(23,24)25/h2-11H,1H3,(H2,26,27). The Bertz CT molecular complexity index is 1030. The predicted molar refractivity (Wildman–Crippen MR) is 101 cm³/mol. The van der Waals surface area contributed by atoms with Gasteiger partial charge in [0, 0.05) is 22.3 Å². The number of pyridine rings is 1. The molecule has 4 nitrogen and oxygen atoms in total. The fraction of sp³-hybridized carbons (Fsp3) is 0.150. The molecule has 0 aliphatic rings. The van der Waals surface area contributed by atoms with Gasteiger partial charge in [-0.15, -0.1) is 13.2 Å². The zero-order chi connectivity index (χ0) is 21.2. The summed E-state index contributed by atoms with van der Waals surface area (Å²) in [5.74, 6) is -0.594. The van der Waals surface area contributed by atoms with Gasteiger partial charge in [0.2, 0.25) is 0 Å². The lowest BCUT2D eigenvalue weighted by Gasteiger charge is -2.18. The van der Waals surface area contributed by atoms with Gasteiger partial charge in [-0.1, -0.05) is 23.7 Å². The van der Waals surface area contributed by atoms with Crippen molar-refractivity contribution < 1.29 is 27.0 Å². The number of rotatable bonds is 5. The summed E-state index contributed by atoms with van der Waals surface area (Å²) in [5.41, 5.74) is 7.15. The van der Waals surface area contributed by atoms with Crippen molar-refractivity contribution in [2.75, 3.05) is 5.73 Å². The molecule has 1 atom stereocenters. The lowest BCUT2D eigenvalue weighted by atomic mass is 10.1. The first kappa shape index (κ1) is 20.7. The van der Waals surface area contributed by atoms with Crippen LogP contribution in [0.5, 0.6) is 11.5 Å². The third-order valence-electron chi connectivity index (χ3n) is 3.98. The minimum atomic E-state index is -4.80. The Balaban J connectivity index is 1.89. The third-order valence-corrected chi connectivity index (χ3v) is 4.33. The molecular weight excluding hydrogens is 412 g/mol. The second-order valence-electron chi connectivity index (χ2n) is 6.11. The lowest BCUT2D eigenvalue weighted by molar-refractivity contribution is -0.274. The van der Waals surface area contributed by atoms with Gasteiger partial charge in [0.15, 0.2) is 11.6 Å². The molecule has 152 valence electrons. The topological polar surface area (TPSA) is 57.4 Å². The minimum absolute atomic E-state index is 0.0656. The molecule has 1 unspecified atom stereocenters. The quantitative estimate of drug-likeness (QED) is 0.496. The van der Waals surface area contributed by atoms with Crippen LogP contribution >= 0.6 is 11.6 Å². The molecule has 1 aromatic heterocycles. The van der Waals surface area contributed by atoms with Gasteiger partial charge < -0.3 is 15.2 Å². The van der Waals surface area contributed by atoms with E-state index in [1.807, 2.05) is 0 Å². The van der Waals surface area contributed by atoms with Gasteiger partial charge in [0.1, 0.15) is 17.7 Å². The van der Waals surface area contributed by atoms with E-state index in [1.54, 1.807) is 13.0 Å². The van der Waals surface area contributed by atoms with Crippen LogP contribution < -0.4 is 15.2 Å². The Morgan fingerprint density at radius 1 is 1.07 bits per heavy atom. The Morgan fingerprint density at radius 2 is 1.83 bits per heavy atom. The average Bonchev–Trinajstić information content (AvgIpc) is 2.64. The van der Waals surface area contributed by atoms with Crippen LogP contribution in [0.15, 0.2) is 54.7 Å². The first-order valence-electron chi connectivity index (χ1n) is 8.35. The van der Waals surface area contributed by atoms with Crippen LogP contribution in [0.4, 0.5) is 23.4 Å². The van der Waals surface area contributed by atoms with E-state index in [4.69, 9.17) is 22.1 Å². The minimum Gasteiger partial charge on any atom is -0.482 e. The van der Waals surface area contributed by atoms with Gasteiger partial charge >= 0.3 is 6.36 Å². The summed E-state index contributed by atoms with van der Waals surface area (Å²) < 4.78 is 60.6. The summed E-state index contributed by atoms with van der Waals surface area (Å²) in [6.45, 7) is 1.66. The summed E-state index contributed by atoms with van der Waals surface area (Å²) in [6, 6.07) is 10.8. The SMILES string of the molecule is CC(Oc1cc(-c2cccc(OC(F)(F)F)c2)cnc1N)c1cc(F)ccc1Cl. The number of benzene rings is 2. The van der Waals surface area contributed by atoms with Crippen LogP contribution in [-0.2, 0) is 0 Å². The molecule has 0 saturated carbocycles. The third kappa shape index (κ3) is 5.29. The fourth-order valence-electron chi connectivity index (χ4n) is 2.66. The molecule has 2 aromatic carbocycles. The molecule has 0 spiro atoms. The summed E-state index contributed by atoms with van der Waals surface area (Å²) in [7, 11) is 0. The number of alkyl halides is 3. The maximum atomic E-state index is 13.5. The van der Waals surface area contributed by atoms with Gasteiger partial charge in [0.05, 0.1) is 0 Å². The van der Waals surface area contributed by atoms with Crippen LogP contribution in [0.1, 0.15) is 18.6 Å². The molecule has 0 radical (unpaired) electrons. The van der Waals surface area contributed by atoms with Gasteiger partial charge in [0.25, 0.3) is 0 Å². The molecule has 9 heteroatoms. The van der Waals surface area contributed by atoms with Crippen molar-refractivity contribution in [2.45, 2.75) is 19.4 Å². The Morgan fingerprint density at radius 3 is 2.55 bits per heavy atom. The maximum absolute atomic E-state index is 13.5. The number of anilines is 1. The van der Waals surface area contributed by atoms with Crippen LogP contribution in [0.25, 0.3) is 11.1 Å². The molecule has 0 amide bonds. The van der Waals surface area contributed by atoms with E-state index in [1.165, 1.54) is 48.7 Å². The number of nitrogens with zero attached hydrogens (tertiary/aromatic N) is 1. The number of hydrogen-bond donors (Lipinski definition) is 1. The van der Waals surface area contributed by atoms with Crippen molar-refractivity contribution in [1.82, 2.24) is 4.98 Å². The average molecular weight is 427 g/mol. The Kier molecular flexibility index (Phi) is 5.83. The number of hydrogen-bond acceptors (Lipinski definition) is 4. The zero-order valence-corrected chi connectivity index (χ0v) is 15.8.